The predicted molar refractivity (Wildman–Crippen MR) is 76.9 cm³/mol. The Morgan fingerprint density at radius 2 is 2.05 bits per heavy atom. The average Bonchev–Trinajstić information content (AvgIpc) is 2.30. The molecule has 1 amide bonds. The molecule has 0 aliphatic heterocycles. The molecule has 0 saturated heterocycles. The van der Waals surface area contributed by atoms with Crippen molar-refractivity contribution in [2.45, 2.75) is 32.5 Å². The van der Waals surface area contributed by atoms with Crippen molar-refractivity contribution in [3.63, 3.8) is 0 Å². The molecule has 0 aliphatic carbocycles. The van der Waals surface area contributed by atoms with Gasteiger partial charge in [0.2, 0.25) is 0 Å². The van der Waals surface area contributed by atoms with E-state index in [0.29, 0.717) is 5.56 Å². The van der Waals surface area contributed by atoms with E-state index in [9.17, 15) is 15.0 Å². The zero-order valence-electron chi connectivity index (χ0n) is 12.1. The number of carbonyl (C=O) groups excluding carboxylic acids is 1. The van der Waals surface area contributed by atoms with Crippen LogP contribution in [-0.2, 0) is 4.74 Å². The van der Waals surface area contributed by atoms with Gasteiger partial charge >= 0.3 is 6.09 Å². The molecule has 2 N–H and O–H groups in total. The first-order chi connectivity index (χ1) is 9.10. The van der Waals surface area contributed by atoms with Crippen LogP contribution >= 0.6 is 11.6 Å². The number of nitrogens with zero attached hydrogens (tertiary/aromatic N) is 1. The minimum absolute atomic E-state index is 0.0516. The van der Waals surface area contributed by atoms with Gasteiger partial charge in [-0.2, -0.15) is 0 Å². The molecule has 1 aromatic rings. The van der Waals surface area contributed by atoms with E-state index in [4.69, 9.17) is 16.3 Å². The van der Waals surface area contributed by atoms with Crippen LogP contribution in [0.3, 0.4) is 0 Å². The molecule has 112 valence electrons. The second-order valence-corrected chi connectivity index (χ2v) is 5.99. The molecule has 0 heterocycles. The van der Waals surface area contributed by atoms with Crippen molar-refractivity contribution >= 4 is 17.7 Å². The Kier molecular flexibility index (Phi) is 5.25. The number of aliphatic hydroxyl groups excluding tert-OH is 1. The lowest BCUT2D eigenvalue weighted by atomic mass is 10.1. The van der Waals surface area contributed by atoms with Crippen molar-refractivity contribution in [2.75, 3.05) is 13.6 Å². The summed E-state index contributed by atoms with van der Waals surface area (Å²) < 4.78 is 5.18. The molecule has 0 bridgehead atoms. The summed E-state index contributed by atoms with van der Waals surface area (Å²) in [7, 11) is 1.53. The second kappa shape index (κ2) is 6.33. The third-order valence-corrected chi connectivity index (χ3v) is 2.83. The smallest absolute Gasteiger partial charge is 0.410 e. The van der Waals surface area contributed by atoms with Gasteiger partial charge in [-0.3, -0.25) is 0 Å². The minimum Gasteiger partial charge on any atom is -0.506 e. The lowest BCUT2D eigenvalue weighted by molar-refractivity contribution is 0.0205. The van der Waals surface area contributed by atoms with E-state index < -0.39 is 17.8 Å². The Morgan fingerprint density at radius 1 is 1.45 bits per heavy atom. The highest BCUT2D eigenvalue weighted by molar-refractivity contribution is 6.32. The molecule has 1 aromatic carbocycles. The lowest BCUT2D eigenvalue weighted by Gasteiger charge is -2.26. The number of likely N-dealkylation sites (N-methyl/N-ethyl adjacent to an activating group) is 1. The first-order valence-electron chi connectivity index (χ1n) is 6.21. The number of benzene rings is 1. The van der Waals surface area contributed by atoms with Crippen molar-refractivity contribution in [3.8, 4) is 5.75 Å². The van der Waals surface area contributed by atoms with Gasteiger partial charge in [0.05, 0.1) is 17.7 Å². The quantitative estimate of drug-likeness (QED) is 0.900. The highest BCUT2D eigenvalue weighted by Gasteiger charge is 2.22. The van der Waals surface area contributed by atoms with Gasteiger partial charge in [0.15, 0.2) is 0 Å². The van der Waals surface area contributed by atoms with Crippen molar-refractivity contribution in [1.29, 1.82) is 0 Å². The van der Waals surface area contributed by atoms with Gasteiger partial charge in [0.25, 0.3) is 0 Å². The molecule has 6 heteroatoms. The number of amides is 1. The normalized spacial score (nSPS) is 12.9. The third kappa shape index (κ3) is 4.90. The highest BCUT2D eigenvalue weighted by atomic mass is 35.5. The van der Waals surface area contributed by atoms with E-state index in [-0.39, 0.29) is 17.3 Å². The largest absolute Gasteiger partial charge is 0.506 e. The van der Waals surface area contributed by atoms with E-state index in [0.717, 1.165) is 0 Å². The topological polar surface area (TPSA) is 70.0 Å². The van der Waals surface area contributed by atoms with Crippen molar-refractivity contribution in [3.05, 3.63) is 28.8 Å². The van der Waals surface area contributed by atoms with Crippen LogP contribution in [0.5, 0.6) is 5.75 Å². The molecule has 1 unspecified atom stereocenters. The summed E-state index contributed by atoms with van der Waals surface area (Å²) in [6.45, 7) is 5.36. The van der Waals surface area contributed by atoms with Crippen molar-refractivity contribution in [2.24, 2.45) is 0 Å². The second-order valence-electron chi connectivity index (χ2n) is 5.59. The maximum atomic E-state index is 11.8. The van der Waals surface area contributed by atoms with Crippen LogP contribution < -0.4 is 0 Å². The first kappa shape index (κ1) is 16.6. The molecule has 20 heavy (non-hydrogen) atoms. The molecule has 0 radical (unpaired) electrons. The fraction of sp³-hybridized carbons (Fsp3) is 0.500. The molecule has 0 fully saturated rings. The van der Waals surface area contributed by atoms with E-state index in [1.54, 1.807) is 26.8 Å². The maximum absolute atomic E-state index is 11.8. The number of aromatic hydroxyl groups is 1. The van der Waals surface area contributed by atoms with Gasteiger partial charge in [0, 0.05) is 7.05 Å². The third-order valence-electron chi connectivity index (χ3n) is 2.51. The van der Waals surface area contributed by atoms with E-state index >= 15 is 0 Å². The van der Waals surface area contributed by atoms with Crippen molar-refractivity contribution < 1.29 is 19.7 Å². The standard InChI is InChI=1S/C14H20ClNO4/c1-14(2,3)20-13(19)16(4)8-12(18)9-5-6-10(15)11(17)7-9/h5-7,12,17-18H,8H2,1-4H3. The minimum atomic E-state index is -0.935. The zero-order valence-corrected chi connectivity index (χ0v) is 12.8. The van der Waals surface area contributed by atoms with Crippen LogP contribution in [0.2, 0.25) is 5.02 Å². The Morgan fingerprint density at radius 3 is 2.55 bits per heavy atom. The summed E-state index contributed by atoms with van der Waals surface area (Å²) in [5.41, 5.74) is -0.114. The number of carbonyl (C=O) groups is 1. The number of hydrogen-bond donors (Lipinski definition) is 2. The number of halogens is 1. The summed E-state index contributed by atoms with van der Waals surface area (Å²) in [6.07, 6.45) is -1.45. The molecular weight excluding hydrogens is 282 g/mol. The summed E-state index contributed by atoms with van der Waals surface area (Å²) in [5.74, 6) is -0.108. The molecule has 0 aliphatic rings. The summed E-state index contributed by atoms with van der Waals surface area (Å²) in [4.78, 5) is 13.0. The lowest BCUT2D eigenvalue weighted by Crippen LogP contribution is -2.36. The number of phenolic OH excluding ortho intramolecular Hbond substituents is 1. The van der Waals surface area contributed by atoms with Crippen LogP contribution in [0.1, 0.15) is 32.4 Å². The Labute approximate surface area is 123 Å². The van der Waals surface area contributed by atoms with Gasteiger partial charge in [-0.1, -0.05) is 17.7 Å². The molecule has 0 aromatic heterocycles. The van der Waals surface area contributed by atoms with E-state index in [1.165, 1.54) is 24.1 Å². The average molecular weight is 302 g/mol. The zero-order chi connectivity index (χ0) is 15.5. The van der Waals surface area contributed by atoms with Crippen LogP contribution in [0.4, 0.5) is 4.79 Å². The SMILES string of the molecule is CN(CC(O)c1ccc(Cl)c(O)c1)C(=O)OC(C)(C)C. The van der Waals surface area contributed by atoms with Gasteiger partial charge < -0.3 is 19.8 Å². The number of phenols is 1. The molecule has 5 nitrogen and oxygen atoms in total. The fourth-order valence-corrected chi connectivity index (χ4v) is 1.63. The molecular formula is C14H20ClNO4. The monoisotopic (exact) mass is 301 g/mol. The number of hydrogen-bond acceptors (Lipinski definition) is 4. The Hall–Kier alpha value is -1.46. The molecule has 1 rings (SSSR count). The number of aliphatic hydroxyl groups is 1. The molecule has 0 saturated carbocycles. The first-order valence-corrected chi connectivity index (χ1v) is 6.58. The Bertz CT molecular complexity index is 485. The van der Waals surface area contributed by atoms with Gasteiger partial charge in [-0.15, -0.1) is 0 Å². The predicted octanol–water partition coefficient (Wildman–Crippen LogP) is 2.95. The van der Waals surface area contributed by atoms with Crippen LogP contribution in [0, 0.1) is 0 Å². The van der Waals surface area contributed by atoms with Gasteiger partial charge in [-0.25, -0.2) is 4.79 Å². The summed E-state index contributed by atoms with van der Waals surface area (Å²) in [5, 5.41) is 19.8. The molecule has 1 atom stereocenters. The van der Waals surface area contributed by atoms with Crippen LogP contribution in [0.15, 0.2) is 18.2 Å². The number of rotatable bonds is 3. The van der Waals surface area contributed by atoms with E-state index in [2.05, 4.69) is 0 Å². The van der Waals surface area contributed by atoms with Gasteiger partial charge in [0.1, 0.15) is 11.4 Å². The molecule has 0 spiro atoms. The number of ether oxygens (including phenoxy) is 1. The van der Waals surface area contributed by atoms with Crippen LogP contribution in [-0.4, -0.2) is 40.4 Å². The maximum Gasteiger partial charge on any atom is 0.410 e. The van der Waals surface area contributed by atoms with E-state index in [1.807, 2.05) is 0 Å². The van der Waals surface area contributed by atoms with Crippen molar-refractivity contribution in [1.82, 2.24) is 4.90 Å². The van der Waals surface area contributed by atoms with Crippen LogP contribution in [0.25, 0.3) is 0 Å². The summed E-state index contributed by atoms with van der Waals surface area (Å²) >= 11 is 5.70. The van der Waals surface area contributed by atoms with Gasteiger partial charge in [-0.05, 0) is 38.5 Å². The highest BCUT2D eigenvalue weighted by Crippen LogP contribution is 2.27. The fourth-order valence-electron chi connectivity index (χ4n) is 1.52. The summed E-state index contributed by atoms with van der Waals surface area (Å²) in [6, 6.07) is 4.45. The Balaban J connectivity index is 2.67.